The van der Waals surface area contributed by atoms with Gasteiger partial charge in [0.1, 0.15) is 5.82 Å². The molecule has 0 radical (unpaired) electrons. The SMILES string of the molecule is O=C(c1nnc2n1CCCCC2)N1CCC2(CC1)[C@H](O)C[C@@H]2O. The summed E-state index contributed by atoms with van der Waals surface area (Å²) < 4.78 is 1.98. The predicted molar refractivity (Wildman–Crippen MR) is 81.8 cm³/mol. The Morgan fingerprint density at radius 1 is 1.04 bits per heavy atom. The molecule has 23 heavy (non-hydrogen) atoms. The van der Waals surface area contributed by atoms with E-state index in [4.69, 9.17) is 0 Å². The lowest BCUT2D eigenvalue weighted by Gasteiger charge is -2.54. The molecule has 1 spiro atoms. The van der Waals surface area contributed by atoms with Gasteiger partial charge in [0.05, 0.1) is 12.2 Å². The van der Waals surface area contributed by atoms with Crippen molar-refractivity contribution in [3.05, 3.63) is 11.6 Å². The summed E-state index contributed by atoms with van der Waals surface area (Å²) >= 11 is 0. The number of likely N-dealkylation sites (tertiary alicyclic amines) is 1. The van der Waals surface area contributed by atoms with Crippen molar-refractivity contribution in [3.63, 3.8) is 0 Å². The number of piperidine rings is 1. The van der Waals surface area contributed by atoms with Crippen molar-refractivity contribution in [3.8, 4) is 0 Å². The topological polar surface area (TPSA) is 91.5 Å². The van der Waals surface area contributed by atoms with Crippen LogP contribution in [0.5, 0.6) is 0 Å². The van der Waals surface area contributed by atoms with Gasteiger partial charge in [-0.15, -0.1) is 10.2 Å². The van der Waals surface area contributed by atoms with Gasteiger partial charge in [-0.3, -0.25) is 4.79 Å². The molecule has 1 aliphatic carbocycles. The van der Waals surface area contributed by atoms with Gasteiger partial charge < -0.3 is 19.7 Å². The van der Waals surface area contributed by atoms with Crippen LogP contribution in [0.3, 0.4) is 0 Å². The average molecular weight is 320 g/mol. The number of hydrogen-bond acceptors (Lipinski definition) is 5. The zero-order valence-corrected chi connectivity index (χ0v) is 13.3. The van der Waals surface area contributed by atoms with Gasteiger partial charge in [-0.1, -0.05) is 6.42 Å². The van der Waals surface area contributed by atoms with Gasteiger partial charge >= 0.3 is 0 Å². The molecule has 2 aliphatic heterocycles. The summed E-state index contributed by atoms with van der Waals surface area (Å²) in [6.07, 6.45) is 5.13. The molecule has 126 valence electrons. The molecule has 1 aromatic rings. The zero-order chi connectivity index (χ0) is 16.0. The van der Waals surface area contributed by atoms with E-state index in [1.54, 1.807) is 4.90 Å². The first-order chi connectivity index (χ1) is 11.1. The van der Waals surface area contributed by atoms with E-state index in [-0.39, 0.29) is 5.91 Å². The third kappa shape index (κ3) is 2.29. The standard InChI is InChI=1S/C16H24N4O3/c21-11-10-12(22)16(11)5-8-19(9-6-16)15(23)14-18-17-13-4-2-1-3-7-20(13)14/h11-12,21-22H,1-10H2/t11-,12+. The molecule has 2 N–H and O–H groups in total. The molecule has 0 bridgehead atoms. The zero-order valence-electron chi connectivity index (χ0n) is 13.3. The Hall–Kier alpha value is -1.47. The van der Waals surface area contributed by atoms with Gasteiger partial charge in [-0.05, 0) is 25.7 Å². The highest BCUT2D eigenvalue weighted by Crippen LogP contribution is 2.49. The van der Waals surface area contributed by atoms with E-state index in [9.17, 15) is 15.0 Å². The minimum Gasteiger partial charge on any atom is -0.392 e. The van der Waals surface area contributed by atoms with E-state index in [0.717, 1.165) is 31.6 Å². The fourth-order valence-corrected chi connectivity index (χ4v) is 4.32. The van der Waals surface area contributed by atoms with Crippen molar-refractivity contribution < 1.29 is 15.0 Å². The number of aromatic nitrogens is 3. The lowest BCUT2D eigenvalue weighted by Crippen LogP contribution is -2.61. The Balaban J connectivity index is 1.48. The maximum atomic E-state index is 12.8. The molecule has 7 heteroatoms. The molecule has 1 saturated carbocycles. The van der Waals surface area contributed by atoms with Crippen LogP contribution in [-0.2, 0) is 13.0 Å². The Bertz CT molecular complexity index is 596. The molecule has 2 fully saturated rings. The lowest BCUT2D eigenvalue weighted by molar-refractivity contribution is -0.187. The van der Waals surface area contributed by atoms with E-state index in [1.165, 1.54) is 6.42 Å². The van der Waals surface area contributed by atoms with Crippen molar-refractivity contribution in [2.45, 2.75) is 63.7 Å². The highest BCUT2D eigenvalue weighted by molar-refractivity contribution is 5.90. The van der Waals surface area contributed by atoms with Gasteiger partial charge in [0.2, 0.25) is 5.82 Å². The van der Waals surface area contributed by atoms with Crippen LogP contribution >= 0.6 is 0 Å². The second kappa shape index (κ2) is 5.56. The summed E-state index contributed by atoms with van der Waals surface area (Å²) in [5, 5.41) is 28.3. The van der Waals surface area contributed by atoms with Crippen molar-refractivity contribution in [1.29, 1.82) is 0 Å². The number of amides is 1. The van der Waals surface area contributed by atoms with E-state index in [0.29, 0.717) is 38.2 Å². The van der Waals surface area contributed by atoms with Gasteiger partial charge in [0.15, 0.2) is 0 Å². The van der Waals surface area contributed by atoms with Gasteiger partial charge in [0, 0.05) is 37.9 Å². The first kappa shape index (κ1) is 15.1. The fraction of sp³-hybridized carbons (Fsp3) is 0.812. The van der Waals surface area contributed by atoms with Crippen molar-refractivity contribution in [1.82, 2.24) is 19.7 Å². The molecular weight excluding hydrogens is 296 g/mol. The van der Waals surface area contributed by atoms with Crippen LogP contribution in [0.4, 0.5) is 0 Å². The maximum Gasteiger partial charge on any atom is 0.291 e. The molecule has 7 nitrogen and oxygen atoms in total. The maximum absolute atomic E-state index is 12.8. The number of carbonyl (C=O) groups excluding carboxylic acids is 1. The molecule has 1 aromatic heterocycles. The van der Waals surface area contributed by atoms with E-state index in [2.05, 4.69) is 10.2 Å². The number of aliphatic hydroxyl groups is 2. The Labute approximate surface area is 135 Å². The minimum absolute atomic E-state index is 0.0659. The Morgan fingerprint density at radius 3 is 2.48 bits per heavy atom. The van der Waals surface area contributed by atoms with Crippen molar-refractivity contribution >= 4 is 5.91 Å². The van der Waals surface area contributed by atoms with Gasteiger partial charge in [-0.2, -0.15) is 0 Å². The molecular formula is C16H24N4O3. The third-order valence-corrected chi connectivity index (χ3v) is 6.06. The van der Waals surface area contributed by atoms with Crippen LogP contribution in [0.15, 0.2) is 0 Å². The van der Waals surface area contributed by atoms with Gasteiger partial charge in [0.25, 0.3) is 5.91 Å². The highest BCUT2D eigenvalue weighted by Gasteiger charge is 2.55. The van der Waals surface area contributed by atoms with Crippen LogP contribution in [0.25, 0.3) is 0 Å². The molecule has 4 rings (SSSR count). The predicted octanol–water partition coefficient (Wildman–Crippen LogP) is 0.352. The fourth-order valence-electron chi connectivity index (χ4n) is 4.32. The molecule has 0 unspecified atom stereocenters. The number of fused-ring (bicyclic) bond motifs is 1. The monoisotopic (exact) mass is 320 g/mol. The number of aliphatic hydroxyl groups excluding tert-OH is 2. The number of carbonyl (C=O) groups is 1. The normalized spacial score (nSPS) is 29.7. The minimum atomic E-state index is -0.431. The first-order valence-corrected chi connectivity index (χ1v) is 8.69. The summed E-state index contributed by atoms with van der Waals surface area (Å²) in [6, 6.07) is 0. The third-order valence-electron chi connectivity index (χ3n) is 6.06. The molecule has 3 heterocycles. The van der Waals surface area contributed by atoms with Crippen LogP contribution in [0, 0.1) is 5.41 Å². The van der Waals surface area contributed by atoms with Crippen molar-refractivity contribution in [2.24, 2.45) is 5.41 Å². The average Bonchev–Trinajstić information content (AvgIpc) is 2.83. The van der Waals surface area contributed by atoms with Crippen LogP contribution in [0.2, 0.25) is 0 Å². The number of hydrogen-bond donors (Lipinski definition) is 2. The molecule has 1 amide bonds. The summed E-state index contributed by atoms with van der Waals surface area (Å²) in [4.78, 5) is 14.6. The molecule has 2 atom stereocenters. The number of aryl methyl sites for hydroxylation is 1. The van der Waals surface area contributed by atoms with E-state index in [1.807, 2.05) is 4.57 Å². The highest BCUT2D eigenvalue weighted by atomic mass is 16.3. The Kier molecular flexibility index (Phi) is 3.65. The summed E-state index contributed by atoms with van der Waals surface area (Å²) in [6.45, 7) is 1.95. The lowest BCUT2D eigenvalue weighted by atomic mass is 9.58. The second-order valence-corrected chi connectivity index (χ2v) is 7.19. The molecule has 1 saturated heterocycles. The molecule has 3 aliphatic rings. The van der Waals surface area contributed by atoms with E-state index < -0.39 is 17.6 Å². The Morgan fingerprint density at radius 2 is 1.78 bits per heavy atom. The number of rotatable bonds is 1. The summed E-state index contributed by atoms with van der Waals surface area (Å²) in [5.74, 6) is 1.31. The smallest absolute Gasteiger partial charge is 0.291 e. The van der Waals surface area contributed by atoms with E-state index >= 15 is 0 Å². The summed E-state index contributed by atoms with van der Waals surface area (Å²) in [5.41, 5.74) is -0.390. The van der Waals surface area contributed by atoms with Gasteiger partial charge in [-0.25, -0.2) is 0 Å². The first-order valence-electron chi connectivity index (χ1n) is 8.69. The van der Waals surface area contributed by atoms with Crippen LogP contribution < -0.4 is 0 Å². The van der Waals surface area contributed by atoms with Crippen molar-refractivity contribution in [2.75, 3.05) is 13.1 Å². The van der Waals surface area contributed by atoms with Crippen LogP contribution in [-0.4, -0.2) is 61.1 Å². The second-order valence-electron chi connectivity index (χ2n) is 7.19. The molecule has 0 aromatic carbocycles. The summed E-state index contributed by atoms with van der Waals surface area (Å²) in [7, 11) is 0. The number of nitrogens with zero attached hydrogens (tertiary/aromatic N) is 4. The quantitative estimate of drug-likeness (QED) is 0.779. The largest absolute Gasteiger partial charge is 0.392 e. The van der Waals surface area contributed by atoms with Crippen LogP contribution in [0.1, 0.15) is 55.0 Å².